The van der Waals surface area contributed by atoms with Crippen LogP contribution in [0.4, 0.5) is 11.4 Å². The molecule has 0 unspecified atom stereocenters. The first kappa shape index (κ1) is 20.8. The fraction of sp³-hybridized carbons (Fsp3) is 0.333. The van der Waals surface area contributed by atoms with Gasteiger partial charge in [-0.05, 0) is 13.8 Å². The molecule has 0 spiro atoms. The van der Waals surface area contributed by atoms with Crippen molar-refractivity contribution in [3.05, 3.63) is 41.7 Å². The molecule has 0 fully saturated rings. The highest BCUT2D eigenvalue weighted by Crippen LogP contribution is 2.20. The van der Waals surface area contributed by atoms with E-state index in [2.05, 4.69) is 25.9 Å². The Morgan fingerprint density at radius 3 is 2.37 bits per heavy atom. The first-order valence-electron chi connectivity index (χ1n) is 9.21. The van der Waals surface area contributed by atoms with Gasteiger partial charge in [-0.1, -0.05) is 0 Å². The van der Waals surface area contributed by atoms with Gasteiger partial charge in [-0.25, -0.2) is 0 Å². The summed E-state index contributed by atoms with van der Waals surface area (Å²) in [5.74, 6) is -1.88. The number of anilines is 2. The van der Waals surface area contributed by atoms with E-state index >= 15 is 0 Å². The van der Waals surface area contributed by atoms with E-state index in [0.717, 1.165) is 5.69 Å². The summed E-state index contributed by atoms with van der Waals surface area (Å²) < 4.78 is 4.49. The standard InChI is InChI=1S/C18H22N8O4/c1-4-26-16(18(30)22-13-8-19-24(3)11(13)2)14(9-21-26)23-17(29)12-7-20-25(10-12)6-5-15(27)28/h7-10H,4-6H2,1-3H3,(H,22,30)(H,23,29)(H,27,28). The van der Waals surface area contributed by atoms with Gasteiger partial charge in [-0.15, -0.1) is 0 Å². The van der Waals surface area contributed by atoms with Crippen LogP contribution in [0.2, 0.25) is 0 Å². The zero-order valence-electron chi connectivity index (χ0n) is 16.8. The number of carbonyl (C=O) groups excluding carboxylic acids is 2. The van der Waals surface area contributed by atoms with Crippen molar-refractivity contribution in [2.45, 2.75) is 33.4 Å². The molecule has 12 nitrogen and oxygen atoms in total. The average molecular weight is 414 g/mol. The van der Waals surface area contributed by atoms with Crippen LogP contribution >= 0.6 is 0 Å². The molecule has 0 aliphatic rings. The summed E-state index contributed by atoms with van der Waals surface area (Å²) in [5.41, 5.74) is 2.03. The van der Waals surface area contributed by atoms with E-state index in [0.29, 0.717) is 12.2 Å². The number of nitrogens with zero attached hydrogens (tertiary/aromatic N) is 6. The molecule has 3 aromatic heterocycles. The second-order valence-electron chi connectivity index (χ2n) is 6.53. The van der Waals surface area contributed by atoms with Gasteiger partial charge in [0.15, 0.2) is 0 Å². The average Bonchev–Trinajstić information content (AvgIpc) is 3.41. The van der Waals surface area contributed by atoms with E-state index in [1.165, 1.54) is 28.0 Å². The molecule has 0 aromatic carbocycles. The summed E-state index contributed by atoms with van der Waals surface area (Å²) in [7, 11) is 1.77. The Morgan fingerprint density at radius 1 is 1.03 bits per heavy atom. The van der Waals surface area contributed by atoms with E-state index in [4.69, 9.17) is 5.11 Å². The van der Waals surface area contributed by atoms with Crippen LogP contribution in [-0.4, -0.2) is 52.2 Å². The molecule has 0 saturated carbocycles. The predicted molar refractivity (Wildman–Crippen MR) is 106 cm³/mol. The van der Waals surface area contributed by atoms with E-state index in [1.807, 2.05) is 13.8 Å². The Balaban J connectivity index is 1.77. The minimum absolute atomic E-state index is 0.107. The zero-order chi connectivity index (χ0) is 21.8. The fourth-order valence-corrected chi connectivity index (χ4v) is 2.77. The molecule has 0 aliphatic carbocycles. The lowest BCUT2D eigenvalue weighted by Crippen LogP contribution is -2.21. The number of nitrogens with one attached hydrogen (secondary N) is 2. The van der Waals surface area contributed by atoms with E-state index in [-0.39, 0.29) is 29.9 Å². The van der Waals surface area contributed by atoms with Gasteiger partial charge in [-0.3, -0.25) is 28.4 Å². The number of aliphatic carboxylic acids is 1. The third-order valence-electron chi connectivity index (χ3n) is 4.54. The summed E-state index contributed by atoms with van der Waals surface area (Å²) >= 11 is 0. The third-order valence-corrected chi connectivity index (χ3v) is 4.54. The van der Waals surface area contributed by atoms with Crippen LogP contribution in [0.15, 0.2) is 24.8 Å². The maximum atomic E-state index is 12.9. The third kappa shape index (κ3) is 4.37. The molecule has 158 valence electrons. The number of hydrogen-bond acceptors (Lipinski definition) is 6. The van der Waals surface area contributed by atoms with Crippen molar-refractivity contribution in [2.24, 2.45) is 7.05 Å². The number of aryl methyl sites for hydroxylation is 3. The number of carboxylic acid groups (broad SMARTS) is 1. The highest BCUT2D eigenvalue weighted by atomic mass is 16.4. The van der Waals surface area contributed by atoms with Gasteiger partial charge < -0.3 is 15.7 Å². The van der Waals surface area contributed by atoms with Crippen molar-refractivity contribution in [2.75, 3.05) is 10.6 Å². The largest absolute Gasteiger partial charge is 0.481 e. The van der Waals surface area contributed by atoms with Crippen LogP contribution in [-0.2, 0) is 24.9 Å². The van der Waals surface area contributed by atoms with Crippen molar-refractivity contribution in [1.29, 1.82) is 0 Å². The second kappa shape index (κ2) is 8.59. The number of amides is 2. The highest BCUT2D eigenvalue weighted by Gasteiger charge is 2.22. The molecule has 3 heterocycles. The van der Waals surface area contributed by atoms with Crippen molar-refractivity contribution in [3.8, 4) is 0 Å². The summed E-state index contributed by atoms with van der Waals surface area (Å²) in [4.78, 5) is 36.1. The van der Waals surface area contributed by atoms with Gasteiger partial charge in [0.05, 0.1) is 54.2 Å². The second-order valence-corrected chi connectivity index (χ2v) is 6.53. The molecule has 3 N–H and O–H groups in total. The van der Waals surface area contributed by atoms with Gasteiger partial charge in [0.1, 0.15) is 5.69 Å². The molecule has 0 bridgehead atoms. The Bertz CT molecular complexity index is 1090. The van der Waals surface area contributed by atoms with Crippen LogP contribution in [0.1, 0.15) is 39.9 Å². The molecule has 12 heteroatoms. The molecule has 0 atom stereocenters. The normalized spacial score (nSPS) is 10.8. The maximum absolute atomic E-state index is 12.9. The van der Waals surface area contributed by atoms with Gasteiger partial charge >= 0.3 is 5.97 Å². The molecule has 0 aliphatic heterocycles. The Morgan fingerprint density at radius 2 is 1.73 bits per heavy atom. The fourth-order valence-electron chi connectivity index (χ4n) is 2.77. The maximum Gasteiger partial charge on any atom is 0.305 e. The lowest BCUT2D eigenvalue weighted by molar-refractivity contribution is -0.137. The van der Waals surface area contributed by atoms with Gasteiger partial charge in [0.25, 0.3) is 11.8 Å². The van der Waals surface area contributed by atoms with E-state index < -0.39 is 17.8 Å². The SMILES string of the molecule is CCn1ncc(NC(=O)c2cnn(CCC(=O)O)c2)c1C(=O)Nc1cnn(C)c1C. The van der Waals surface area contributed by atoms with Gasteiger partial charge in [0, 0.05) is 19.8 Å². The molecule has 3 aromatic rings. The molecule has 3 rings (SSSR count). The number of carboxylic acids is 1. The number of aromatic nitrogens is 6. The van der Waals surface area contributed by atoms with Crippen LogP contribution in [0.3, 0.4) is 0 Å². The topological polar surface area (TPSA) is 149 Å². The minimum Gasteiger partial charge on any atom is -0.481 e. The quantitative estimate of drug-likeness (QED) is 0.500. The molecular weight excluding hydrogens is 392 g/mol. The summed E-state index contributed by atoms with van der Waals surface area (Å²) in [6, 6.07) is 0. The van der Waals surface area contributed by atoms with E-state index in [1.54, 1.807) is 17.9 Å². The van der Waals surface area contributed by atoms with Crippen LogP contribution in [0, 0.1) is 6.92 Å². The molecule has 0 saturated heterocycles. The number of rotatable bonds is 8. The lowest BCUT2D eigenvalue weighted by atomic mass is 10.2. The molecule has 2 amide bonds. The Kier molecular flexibility index (Phi) is 5.95. The molecule has 30 heavy (non-hydrogen) atoms. The van der Waals surface area contributed by atoms with Gasteiger partial charge in [0.2, 0.25) is 0 Å². The lowest BCUT2D eigenvalue weighted by Gasteiger charge is -2.09. The first-order chi connectivity index (χ1) is 14.3. The summed E-state index contributed by atoms with van der Waals surface area (Å²) in [5, 5.41) is 26.4. The predicted octanol–water partition coefficient (Wildman–Crippen LogP) is 1.12. The van der Waals surface area contributed by atoms with Crippen LogP contribution in [0.25, 0.3) is 0 Å². The molecular formula is C18H22N8O4. The van der Waals surface area contributed by atoms with Gasteiger partial charge in [-0.2, -0.15) is 15.3 Å². The minimum atomic E-state index is -0.956. The first-order valence-corrected chi connectivity index (χ1v) is 9.21. The summed E-state index contributed by atoms with van der Waals surface area (Å²) in [6.07, 6.45) is 5.62. The monoisotopic (exact) mass is 414 g/mol. The van der Waals surface area contributed by atoms with Crippen molar-refractivity contribution >= 4 is 29.2 Å². The van der Waals surface area contributed by atoms with Crippen molar-refractivity contribution in [1.82, 2.24) is 29.3 Å². The Labute approximate surface area is 171 Å². The van der Waals surface area contributed by atoms with Crippen LogP contribution in [0.5, 0.6) is 0 Å². The highest BCUT2D eigenvalue weighted by molar-refractivity contribution is 6.11. The van der Waals surface area contributed by atoms with Crippen molar-refractivity contribution < 1.29 is 19.5 Å². The zero-order valence-corrected chi connectivity index (χ0v) is 16.8. The number of carbonyl (C=O) groups is 3. The van der Waals surface area contributed by atoms with Crippen molar-refractivity contribution in [3.63, 3.8) is 0 Å². The Hall–Kier alpha value is -3.96. The summed E-state index contributed by atoms with van der Waals surface area (Å²) in [6.45, 7) is 4.23. The molecule has 0 radical (unpaired) electrons. The smallest absolute Gasteiger partial charge is 0.305 e. The van der Waals surface area contributed by atoms with Crippen LogP contribution < -0.4 is 10.6 Å². The number of hydrogen-bond donors (Lipinski definition) is 3. The van der Waals surface area contributed by atoms with E-state index in [9.17, 15) is 14.4 Å².